The molecule has 0 bridgehead atoms. The van der Waals surface area contributed by atoms with Crippen LogP contribution in [0.25, 0.3) is 0 Å². The fraction of sp³-hybridized carbons (Fsp3) is 0.611. The molecule has 1 aliphatic heterocycles. The summed E-state index contributed by atoms with van der Waals surface area (Å²) in [4.78, 5) is 14.5. The number of carbonyl (C=O) groups excluding carboxylic acids is 1. The number of benzene rings is 1. The van der Waals surface area contributed by atoms with E-state index in [1.807, 2.05) is 0 Å². The molecule has 0 radical (unpaired) electrons. The fourth-order valence-electron chi connectivity index (χ4n) is 2.97. The summed E-state index contributed by atoms with van der Waals surface area (Å²) in [5.74, 6) is 0.378. The molecule has 1 amide bonds. The molecular weight excluding hydrogens is 345 g/mol. The van der Waals surface area contributed by atoms with Gasteiger partial charge in [0.25, 0.3) is 0 Å². The van der Waals surface area contributed by atoms with Crippen LogP contribution < -0.4 is 11.1 Å². The molecule has 0 unspecified atom stereocenters. The van der Waals surface area contributed by atoms with Gasteiger partial charge in [0.1, 0.15) is 0 Å². The lowest BCUT2D eigenvalue weighted by molar-refractivity contribution is -0.122. The molecule has 2 rings (SSSR count). The summed E-state index contributed by atoms with van der Waals surface area (Å²) in [5.41, 5.74) is 8.36. The molecule has 1 aliphatic rings. The Balaban J connectivity index is 0.00000264. The number of nitrogens with zero attached hydrogens (tertiary/aromatic N) is 1. The van der Waals surface area contributed by atoms with E-state index in [2.05, 4.69) is 48.3 Å². The highest BCUT2D eigenvalue weighted by atomic mass is 35.5. The van der Waals surface area contributed by atoms with E-state index in [1.165, 1.54) is 31.5 Å². The summed E-state index contributed by atoms with van der Waals surface area (Å²) in [7, 11) is 0. The van der Waals surface area contributed by atoms with E-state index in [9.17, 15) is 4.79 Å². The standard InChI is InChI=1S/C18H29N3O.2ClH/c1-14(2)10-17(19)18(22)20-12-15-6-5-7-16(11-15)13-21-8-3-4-9-21;;/h5-7,11,14,17H,3-4,8-10,12-13,19H2,1-2H3,(H,20,22);2*1H/t17-;;/m0../s1. The molecule has 1 aromatic rings. The summed E-state index contributed by atoms with van der Waals surface area (Å²) >= 11 is 0. The van der Waals surface area contributed by atoms with Gasteiger partial charge < -0.3 is 11.1 Å². The van der Waals surface area contributed by atoms with Crippen LogP contribution in [0.2, 0.25) is 0 Å². The van der Waals surface area contributed by atoms with E-state index in [4.69, 9.17) is 5.73 Å². The van der Waals surface area contributed by atoms with Crippen LogP contribution in [0.15, 0.2) is 24.3 Å². The van der Waals surface area contributed by atoms with Crippen LogP contribution in [-0.4, -0.2) is 29.9 Å². The van der Waals surface area contributed by atoms with Crippen LogP contribution in [0.3, 0.4) is 0 Å². The van der Waals surface area contributed by atoms with Crippen LogP contribution in [0, 0.1) is 5.92 Å². The molecular formula is C18H31Cl2N3O. The van der Waals surface area contributed by atoms with Gasteiger partial charge in [-0.2, -0.15) is 0 Å². The van der Waals surface area contributed by atoms with E-state index >= 15 is 0 Å². The van der Waals surface area contributed by atoms with E-state index in [1.54, 1.807) is 0 Å². The molecule has 0 spiro atoms. The third kappa shape index (κ3) is 7.84. The molecule has 0 aliphatic carbocycles. The summed E-state index contributed by atoms with van der Waals surface area (Å²) in [6.45, 7) is 8.12. The van der Waals surface area contributed by atoms with E-state index in [0.717, 1.165) is 18.5 Å². The van der Waals surface area contributed by atoms with Gasteiger partial charge in [0.15, 0.2) is 0 Å². The monoisotopic (exact) mass is 375 g/mol. The molecule has 1 saturated heterocycles. The lowest BCUT2D eigenvalue weighted by Crippen LogP contribution is -2.41. The average Bonchev–Trinajstić information content (AvgIpc) is 2.97. The molecule has 0 saturated carbocycles. The maximum atomic E-state index is 12.0. The molecule has 1 atom stereocenters. The van der Waals surface area contributed by atoms with E-state index in [-0.39, 0.29) is 30.7 Å². The third-order valence-electron chi connectivity index (χ3n) is 4.13. The van der Waals surface area contributed by atoms with Crippen molar-refractivity contribution in [3.63, 3.8) is 0 Å². The molecule has 138 valence electrons. The van der Waals surface area contributed by atoms with Crippen molar-refractivity contribution in [1.29, 1.82) is 0 Å². The van der Waals surface area contributed by atoms with Crippen LogP contribution >= 0.6 is 24.8 Å². The molecule has 3 N–H and O–H groups in total. The largest absolute Gasteiger partial charge is 0.351 e. The van der Waals surface area contributed by atoms with Crippen molar-refractivity contribution in [2.75, 3.05) is 13.1 Å². The first-order chi connectivity index (χ1) is 10.5. The van der Waals surface area contributed by atoms with Gasteiger partial charge in [0.2, 0.25) is 5.91 Å². The Kier molecular flexibility index (Phi) is 11.3. The predicted octanol–water partition coefficient (Wildman–Crippen LogP) is 3.12. The van der Waals surface area contributed by atoms with Gasteiger partial charge in [-0.05, 0) is 49.4 Å². The minimum absolute atomic E-state index is 0. The molecule has 6 heteroatoms. The summed E-state index contributed by atoms with van der Waals surface area (Å²) in [6.07, 6.45) is 3.34. The zero-order valence-corrected chi connectivity index (χ0v) is 16.3. The Bertz CT molecular complexity index is 491. The Labute approximate surface area is 158 Å². The van der Waals surface area contributed by atoms with Crippen molar-refractivity contribution in [3.05, 3.63) is 35.4 Å². The van der Waals surface area contributed by atoms with Gasteiger partial charge >= 0.3 is 0 Å². The first-order valence-electron chi connectivity index (χ1n) is 8.38. The second-order valence-corrected chi connectivity index (χ2v) is 6.76. The highest BCUT2D eigenvalue weighted by Crippen LogP contribution is 2.14. The second-order valence-electron chi connectivity index (χ2n) is 6.76. The van der Waals surface area contributed by atoms with Gasteiger partial charge in [0.05, 0.1) is 6.04 Å². The average molecular weight is 376 g/mol. The number of hydrogen-bond donors (Lipinski definition) is 2. The number of rotatable bonds is 7. The maximum absolute atomic E-state index is 12.0. The number of likely N-dealkylation sites (tertiary alicyclic amines) is 1. The van der Waals surface area contributed by atoms with Gasteiger partial charge in [-0.15, -0.1) is 24.8 Å². The topological polar surface area (TPSA) is 58.4 Å². The van der Waals surface area contributed by atoms with Crippen LogP contribution in [0.4, 0.5) is 0 Å². The number of nitrogens with one attached hydrogen (secondary N) is 1. The van der Waals surface area contributed by atoms with Gasteiger partial charge in [0, 0.05) is 13.1 Å². The Morgan fingerprint density at radius 1 is 1.21 bits per heavy atom. The van der Waals surface area contributed by atoms with Crippen molar-refractivity contribution >= 4 is 30.7 Å². The van der Waals surface area contributed by atoms with E-state index < -0.39 is 6.04 Å². The Hall–Kier alpha value is -0.810. The van der Waals surface area contributed by atoms with Gasteiger partial charge in [-0.25, -0.2) is 0 Å². The zero-order chi connectivity index (χ0) is 15.9. The number of carbonyl (C=O) groups is 1. The summed E-state index contributed by atoms with van der Waals surface area (Å²) in [5, 5.41) is 2.95. The highest BCUT2D eigenvalue weighted by Gasteiger charge is 2.15. The lowest BCUT2D eigenvalue weighted by Gasteiger charge is -2.16. The van der Waals surface area contributed by atoms with Gasteiger partial charge in [-0.3, -0.25) is 9.69 Å². The number of halogens is 2. The van der Waals surface area contributed by atoms with Crippen LogP contribution in [0.1, 0.15) is 44.2 Å². The Morgan fingerprint density at radius 3 is 2.46 bits per heavy atom. The number of hydrogen-bond acceptors (Lipinski definition) is 3. The van der Waals surface area contributed by atoms with Crippen molar-refractivity contribution in [1.82, 2.24) is 10.2 Å². The molecule has 1 heterocycles. The zero-order valence-electron chi connectivity index (χ0n) is 14.7. The smallest absolute Gasteiger partial charge is 0.237 e. The highest BCUT2D eigenvalue weighted by molar-refractivity contribution is 5.85. The van der Waals surface area contributed by atoms with Crippen molar-refractivity contribution in [2.45, 2.75) is 52.2 Å². The first-order valence-corrected chi connectivity index (χ1v) is 8.38. The van der Waals surface area contributed by atoms with E-state index in [0.29, 0.717) is 12.5 Å². The third-order valence-corrected chi connectivity index (χ3v) is 4.13. The predicted molar refractivity (Wildman–Crippen MR) is 105 cm³/mol. The SMILES string of the molecule is CC(C)C[C@H](N)C(=O)NCc1cccc(CN2CCCC2)c1.Cl.Cl. The van der Waals surface area contributed by atoms with Crippen LogP contribution in [0.5, 0.6) is 0 Å². The van der Waals surface area contributed by atoms with Crippen molar-refractivity contribution in [3.8, 4) is 0 Å². The summed E-state index contributed by atoms with van der Waals surface area (Å²) < 4.78 is 0. The second kappa shape index (κ2) is 11.7. The maximum Gasteiger partial charge on any atom is 0.237 e. The lowest BCUT2D eigenvalue weighted by atomic mass is 10.0. The first kappa shape index (κ1) is 23.2. The molecule has 4 nitrogen and oxygen atoms in total. The fourth-order valence-corrected chi connectivity index (χ4v) is 2.97. The molecule has 0 aromatic heterocycles. The minimum Gasteiger partial charge on any atom is -0.351 e. The van der Waals surface area contributed by atoms with Crippen molar-refractivity contribution < 1.29 is 4.79 Å². The van der Waals surface area contributed by atoms with Crippen molar-refractivity contribution in [2.24, 2.45) is 11.7 Å². The summed E-state index contributed by atoms with van der Waals surface area (Å²) in [6, 6.07) is 8.07. The number of nitrogens with two attached hydrogens (primary N) is 1. The molecule has 24 heavy (non-hydrogen) atoms. The quantitative estimate of drug-likeness (QED) is 0.769. The Morgan fingerprint density at radius 2 is 1.83 bits per heavy atom. The minimum atomic E-state index is -0.409. The van der Waals surface area contributed by atoms with Gasteiger partial charge in [-0.1, -0.05) is 38.1 Å². The molecule has 1 aromatic carbocycles. The normalized spacial score (nSPS) is 15.5. The molecule has 1 fully saturated rings. The number of amides is 1. The van der Waals surface area contributed by atoms with Crippen LogP contribution in [-0.2, 0) is 17.9 Å².